The predicted octanol–water partition coefficient (Wildman–Crippen LogP) is 3.34. The van der Waals surface area contributed by atoms with Gasteiger partial charge in [-0.05, 0) is 44.2 Å². The van der Waals surface area contributed by atoms with Gasteiger partial charge in [-0.2, -0.15) is 0 Å². The third kappa shape index (κ3) is 3.35. The number of para-hydroxylation sites is 2. The van der Waals surface area contributed by atoms with Gasteiger partial charge in [0.25, 0.3) is 0 Å². The average molecular weight is 320 g/mol. The molecule has 0 aliphatic rings. The van der Waals surface area contributed by atoms with Crippen LogP contribution in [0.25, 0.3) is 17.1 Å². The van der Waals surface area contributed by atoms with Crippen LogP contribution in [0.1, 0.15) is 31.4 Å². The zero-order valence-corrected chi connectivity index (χ0v) is 13.8. The molecular formula is C19H20N4O. The fourth-order valence-corrected chi connectivity index (χ4v) is 2.72. The van der Waals surface area contributed by atoms with E-state index in [1.165, 1.54) is 6.08 Å². The minimum absolute atomic E-state index is 0.164. The number of hydrogen-bond donors (Lipinski definition) is 1. The van der Waals surface area contributed by atoms with E-state index in [4.69, 9.17) is 0 Å². The monoisotopic (exact) mass is 320 g/mol. The van der Waals surface area contributed by atoms with E-state index in [0.29, 0.717) is 0 Å². The summed E-state index contributed by atoms with van der Waals surface area (Å²) < 4.78 is 2.13. The Morgan fingerprint density at radius 2 is 2.04 bits per heavy atom. The van der Waals surface area contributed by atoms with Gasteiger partial charge in [-0.1, -0.05) is 18.2 Å². The number of aryl methyl sites for hydroxylation is 1. The molecule has 0 saturated heterocycles. The van der Waals surface area contributed by atoms with Crippen LogP contribution in [0.4, 0.5) is 0 Å². The van der Waals surface area contributed by atoms with Crippen molar-refractivity contribution in [3.63, 3.8) is 0 Å². The molecular weight excluding hydrogens is 300 g/mol. The summed E-state index contributed by atoms with van der Waals surface area (Å²) in [5.74, 6) is 0.696. The Hall–Kier alpha value is -2.95. The van der Waals surface area contributed by atoms with E-state index in [2.05, 4.69) is 26.8 Å². The highest BCUT2D eigenvalue weighted by Gasteiger charge is 2.16. The Labute approximate surface area is 141 Å². The Kier molecular flexibility index (Phi) is 4.70. The quantitative estimate of drug-likeness (QED) is 0.734. The van der Waals surface area contributed by atoms with Crippen molar-refractivity contribution in [3.8, 4) is 0 Å². The number of hydrogen-bond acceptors (Lipinski definition) is 3. The Morgan fingerprint density at radius 3 is 2.79 bits per heavy atom. The van der Waals surface area contributed by atoms with Gasteiger partial charge in [-0.15, -0.1) is 0 Å². The van der Waals surface area contributed by atoms with E-state index < -0.39 is 0 Å². The highest BCUT2D eigenvalue weighted by atomic mass is 16.1. The number of carbonyl (C=O) groups is 1. The zero-order valence-electron chi connectivity index (χ0n) is 13.8. The predicted molar refractivity (Wildman–Crippen MR) is 95.2 cm³/mol. The van der Waals surface area contributed by atoms with Crippen LogP contribution < -0.4 is 5.32 Å². The molecule has 0 spiro atoms. The number of carbonyl (C=O) groups excluding carboxylic acids is 1. The van der Waals surface area contributed by atoms with Crippen molar-refractivity contribution in [2.24, 2.45) is 0 Å². The molecule has 0 aliphatic carbocycles. The lowest BCUT2D eigenvalue weighted by Crippen LogP contribution is -2.27. The van der Waals surface area contributed by atoms with E-state index in [1.807, 2.05) is 49.4 Å². The zero-order chi connectivity index (χ0) is 16.9. The number of rotatable bonds is 5. The molecule has 0 fully saturated rings. The average Bonchev–Trinajstić information content (AvgIpc) is 2.99. The van der Waals surface area contributed by atoms with Crippen molar-refractivity contribution in [1.82, 2.24) is 19.9 Å². The maximum Gasteiger partial charge on any atom is 0.244 e. The van der Waals surface area contributed by atoms with Crippen molar-refractivity contribution in [3.05, 3.63) is 66.3 Å². The maximum atomic E-state index is 12.2. The number of nitrogens with one attached hydrogen (secondary N) is 1. The van der Waals surface area contributed by atoms with E-state index in [9.17, 15) is 4.79 Å². The smallest absolute Gasteiger partial charge is 0.244 e. The summed E-state index contributed by atoms with van der Waals surface area (Å²) in [6.07, 6.45) is 4.90. The van der Waals surface area contributed by atoms with Crippen molar-refractivity contribution >= 4 is 23.0 Å². The number of nitrogens with zero attached hydrogens (tertiary/aromatic N) is 3. The first kappa shape index (κ1) is 15.9. The second-order valence-electron chi connectivity index (χ2n) is 5.52. The van der Waals surface area contributed by atoms with Crippen molar-refractivity contribution in [2.75, 3.05) is 0 Å². The number of imidazole rings is 1. The van der Waals surface area contributed by atoms with Gasteiger partial charge in [-0.25, -0.2) is 4.98 Å². The standard InChI is InChI=1S/C19H20N4O/c1-3-23-17-10-5-4-9-16(17)22-19(23)14(2)21-18(24)12-11-15-8-6-7-13-20-15/h4-14H,3H2,1-2H3,(H,21,24)/b12-11+. The molecule has 5 heteroatoms. The Balaban J connectivity index is 1.76. The third-order valence-electron chi connectivity index (χ3n) is 3.84. The molecule has 3 aromatic rings. The van der Waals surface area contributed by atoms with Gasteiger partial charge < -0.3 is 9.88 Å². The van der Waals surface area contributed by atoms with Gasteiger partial charge >= 0.3 is 0 Å². The van der Waals surface area contributed by atoms with Gasteiger partial charge in [0.05, 0.1) is 22.8 Å². The Morgan fingerprint density at radius 1 is 1.25 bits per heavy atom. The van der Waals surface area contributed by atoms with Crippen LogP contribution in [0.5, 0.6) is 0 Å². The lowest BCUT2D eigenvalue weighted by atomic mass is 10.3. The minimum Gasteiger partial charge on any atom is -0.343 e. The number of aromatic nitrogens is 3. The summed E-state index contributed by atoms with van der Waals surface area (Å²) >= 11 is 0. The first-order chi connectivity index (χ1) is 11.7. The van der Waals surface area contributed by atoms with Crippen LogP contribution >= 0.6 is 0 Å². The molecule has 1 atom stereocenters. The SMILES string of the molecule is CCn1c(C(C)NC(=O)/C=C/c2ccccn2)nc2ccccc21. The normalized spacial score (nSPS) is 12.6. The highest BCUT2D eigenvalue weighted by Crippen LogP contribution is 2.20. The van der Waals surface area contributed by atoms with E-state index >= 15 is 0 Å². The van der Waals surface area contributed by atoms with Crippen LogP contribution in [0.2, 0.25) is 0 Å². The van der Waals surface area contributed by atoms with Gasteiger partial charge in [-0.3, -0.25) is 9.78 Å². The molecule has 1 amide bonds. The van der Waals surface area contributed by atoms with E-state index in [1.54, 1.807) is 12.3 Å². The molecule has 5 nitrogen and oxygen atoms in total. The summed E-state index contributed by atoms with van der Waals surface area (Å²) in [7, 11) is 0. The second-order valence-corrected chi connectivity index (χ2v) is 5.52. The van der Waals surface area contributed by atoms with Gasteiger partial charge in [0.1, 0.15) is 5.82 Å². The third-order valence-corrected chi connectivity index (χ3v) is 3.84. The molecule has 0 aliphatic heterocycles. The number of pyridine rings is 1. The molecule has 2 heterocycles. The van der Waals surface area contributed by atoms with Crippen LogP contribution in [-0.2, 0) is 11.3 Å². The maximum absolute atomic E-state index is 12.2. The molecule has 1 N–H and O–H groups in total. The second kappa shape index (κ2) is 7.08. The highest BCUT2D eigenvalue weighted by molar-refractivity contribution is 5.91. The fourth-order valence-electron chi connectivity index (χ4n) is 2.72. The molecule has 3 rings (SSSR count). The summed E-state index contributed by atoms with van der Waals surface area (Å²) in [6, 6.07) is 13.4. The summed E-state index contributed by atoms with van der Waals surface area (Å²) in [5, 5.41) is 2.97. The summed E-state index contributed by atoms with van der Waals surface area (Å²) in [6.45, 7) is 4.83. The van der Waals surface area contributed by atoms with Crippen LogP contribution in [-0.4, -0.2) is 20.4 Å². The molecule has 24 heavy (non-hydrogen) atoms. The Bertz CT molecular complexity index is 867. The number of amides is 1. The van der Waals surface area contributed by atoms with Gasteiger partial charge in [0.15, 0.2) is 0 Å². The number of fused-ring (bicyclic) bond motifs is 1. The van der Waals surface area contributed by atoms with Gasteiger partial charge in [0.2, 0.25) is 5.91 Å². The van der Waals surface area contributed by atoms with E-state index in [-0.39, 0.29) is 11.9 Å². The minimum atomic E-state index is -0.182. The van der Waals surface area contributed by atoms with Crippen LogP contribution in [0.15, 0.2) is 54.7 Å². The first-order valence-corrected chi connectivity index (χ1v) is 8.04. The van der Waals surface area contributed by atoms with E-state index in [0.717, 1.165) is 29.1 Å². The molecule has 0 bridgehead atoms. The first-order valence-electron chi connectivity index (χ1n) is 8.04. The van der Waals surface area contributed by atoms with Gasteiger partial charge in [0, 0.05) is 18.8 Å². The largest absolute Gasteiger partial charge is 0.343 e. The molecule has 1 aromatic carbocycles. The van der Waals surface area contributed by atoms with Crippen LogP contribution in [0, 0.1) is 0 Å². The lowest BCUT2D eigenvalue weighted by Gasteiger charge is -2.14. The van der Waals surface area contributed by atoms with Crippen molar-refractivity contribution in [1.29, 1.82) is 0 Å². The molecule has 1 unspecified atom stereocenters. The topological polar surface area (TPSA) is 59.8 Å². The summed E-state index contributed by atoms with van der Waals surface area (Å²) in [5.41, 5.74) is 2.78. The molecule has 2 aromatic heterocycles. The van der Waals surface area contributed by atoms with Crippen LogP contribution in [0.3, 0.4) is 0 Å². The van der Waals surface area contributed by atoms with Crippen molar-refractivity contribution < 1.29 is 4.79 Å². The number of benzene rings is 1. The fraction of sp³-hybridized carbons (Fsp3) is 0.211. The molecule has 0 radical (unpaired) electrons. The summed E-state index contributed by atoms with van der Waals surface area (Å²) in [4.78, 5) is 21.0. The molecule has 0 saturated carbocycles. The molecule has 122 valence electrons. The van der Waals surface area contributed by atoms with Crippen molar-refractivity contribution in [2.45, 2.75) is 26.4 Å². The lowest BCUT2D eigenvalue weighted by molar-refractivity contribution is -0.117.